The number of hydrogen-bond acceptors (Lipinski definition) is 4. The lowest BCUT2D eigenvalue weighted by molar-refractivity contribution is 0.0951. The molecule has 0 radical (unpaired) electrons. The molecule has 0 aliphatic rings. The number of ether oxygens (including phenoxy) is 2. The van der Waals surface area contributed by atoms with Crippen LogP contribution in [0.3, 0.4) is 0 Å². The van der Waals surface area contributed by atoms with Crippen molar-refractivity contribution in [2.24, 2.45) is 0 Å². The number of halogens is 1. The van der Waals surface area contributed by atoms with Crippen LogP contribution in [0.1, 0.15) is 15.9 Å². The van der Waals surface area contributed by atoms with Gasteiger partial charge in [0.2, 0.25) is 0 Å². The van der Waals surface area contributed by atoms with Crippen LogP contribution in [0.25, 0.3) is 16.9 Å². The number of aromatic nitrogens is 2. The van der Waals surface area contributed by atoms with E-state index in [9.17, 15) is 9.18 Å². The molecule has 1 N–H and O–H groups in total. The lowest BCUT2D eigenvalue weighted by atomic mass is 10.1. The number of methoxy groups -OCH3 is 2. The third-order valence-electron chi connectivity index (χ3n) is 4.99. The summed E-state index contributed by atoms with van der Waals surface area (Å²) in [5.74, 6) is 0.480. The van der Waals surface area contributed by atoms with E-state index in [1.165, 1.54) is 12.1 Å². The minimum atomic E-state index is -0.350. The van der Waals surface area contributed by atoms with Gasteiger partial charge in [-0.05, 0) is 42.0 Å². The van der Waals surface area contributed by atoms with Crippen molar-refractivity contribution in [3.05, 3.63) is 95.9 Å². The highest BCUT2D eigenvalue weighted by molar-refractivity contribution is 6.00. The molecule has 4 aromatic rings. The van der Waals surface area contributed by atoms with Crippen molar-refractivity contribution in [2.75, 3.05) is 14.2 Å². The fourth-order valence-electron chi connectivity index (χ4n) is 3.37. The lowest BCUT2D eigenvalue weighted by Gasteiger charge is -2.10. The number of para-hydroxylation sites is 1. The largest absolute Gasteiger partial charge is 0.497 e. The zero-order valence-corrected chi connectivity index (χ0v) is 17.7. The molecule has 1 amide bonds. The summed E-state index contributed by atoms with van der Waals surface area (Å²) in [6.07, 6.45) is 1.68. The van der Waals surface area contributed by atoms with Gasteiger partial charge in [0.25, 0.3) is 5.91 Å². The molecule has 162 valence electrons. The van der Waals surface area contributed by atoms with Gasteiger partial charge in [0.15, 0.2) is 0 Å². The van der Waals surface area contributed by atoms with E-state index in [0.717, 1.165) is 5.69 Å². The second kappa shape index (κ2) is 9.34. The summed E-state index contributed by atoms with van der Waals surface area (Å²) in [6, 6.07) is 21.0. The van der Waals surface area contributed by atoms with Crippen molar-refractivity contribution >= 4 is 5.91 Å². The monoisotopic (exact) mass is 431 g/mol. The Labute approximate surface area is 185 Å². The van der Waals surface area contributed by atoms with Crippen molar-refractivity contribution in [1.82, 2.24) is 15.1 Å². The van der Waals surface area contributed by atoms with Crippen molar-refractivity contribution < 1.29 is 18.7 Å². The second-order valence-corrected chi connectivity index (χ2v) is 7.05. The van der Waals surface area contributed by atoms with E-state index in [-0.39, 0.29) is 18.3 Å². The van der Waals surface area contributed by atoms with Gasteiger partial charge in [-0.3, -0.25) is 4.79 Å². The average molecular weight is 431 g/mol. The molecule has 7 heteroatoms. The Morgan fingerprint density at radius 1 is 1.00 bits per heavy atom. The van der Waals surface area contributed by atoms with E-state index in [0.29, 0.717) is 33.9 Å². The number of nitrogens with one attached hydrogen (secondary N) is 1. The van der Waals surface area contributed by atoms with Gasteiger partial charge in [-0.25, -0.2) is 9.07 Å². The highest BCUT2D eigenvalue weighted by atomic mass is 19.1. The van der Waals surface area contributed by atoms with Gasteiger partial charge in [0.1, 0.15) is 23.0 Å². The van der Waals surface area contributed by atoms with E-state index in [1.807, 2.05) is 30.3 Å². The third-order valence-corrected chi connectivity index (χ3v) is 4.99. The fourth-order valence-corrected chi connectivity index (χ4v) is 3.37. The molecule has 0 aliphatic carbocycles. The fraction of sp³-hybridized carbons (Fsp3) is 0.120. The van der Waals surface area contributed by atoms with Gasteiger partial charge >= 0.3 is 0 Å². The van der Waals surface area contributed by atoms with Crippen LogP contribution in [0.15, 0.2) is 79.0 Å². The van der Waals surface area contributed by atoms with Crippen molar-refractivity contribution in [2.45, 2.75) is 6.54 Å². The summed E-state index contributed by atoms with van der Waals surface area (Å²) in [5.41, 5.74) is 2.96. The van der Waals surface area contributed by atoms with Crippen LogP contribution in [-0.2, 0) is 6.54 Å². The van der Waals surface area contributed by atoms with Crippen molar-refractivity contribution in [3.63, 3.8) is 0 Å². The van der Waals surface area contributed by atoms with Crippen molar-refractivity contribution in [1.29, 1.82) is 0 Å². The molecule has 0 saturated carbocycles. The van der Waals surface area contributed by atoms with E-state index in [2.05, 4.69) is 10.4 Å². The first-order valence-corrected chi connectivity index (χ1v) is 9.99. The van der Waals surface area contributed by atoms with Crippen LogP contribution in [-0.4, -0.2) is 29.9 Å². The molecule has 1 heterocycles. The molecule has 0 unspecified atom stereocenters. The van der Waals surface area contributed by atoms with Gasteiger partial charge in [0, 0.05) is 24.4 Å². The van der Waals surface area contributed by atoms with Crippen LogP contribution >= 0.6 is 0 Å². The molecule has 0 saturated heterocycles. The minimum absolute atomic E-state index is 0.187. The van der Waals surface area contributed by atoms with Crippen LogP contribution in [0.4, 0.5) is 4.39 Å². The molecule has 32 heavy (non-hydrogen) atoms. The van der Waals surface area contributed by atoms with E-state index < -0.39 is 0 Å². The normalized spacial score (nSPS) is 10.6. The molecular weight excluding hydrogens is 409 g/mol. The summed E-state index contributed by atoms with van der Waals surface area (Å²) in [4.78, 5) is 13.1. The van der Waals surface area contributed by atoms with E-state index in [4.69, 9.17) is 9.47 Å². The number of amides is 1. The number of carbonyl (C=O) groups is 1. The first-order chi connectivity index (χ1) is 15.6. The highest BCUT2D eigenvalue weighted by Gasteiger charge is 2.21. The topological polar surface area (TPSA) is 65.4 Å². The quantitative estimate of drug-likeness (QED) is 0.464. The maximum absolute atomic E-state index is 13.5. The summed E-state index contributed by atoms with van der Waals surface area (Å²) in [6.45, 7) is 0.187. The SMILES string of the molecule is COc1ccc(-c2nn(-c3ccccc3)cc2C(=O)NCc2cccc(F)c2)c(OC)c1. The Balaban J connectivity index is 1.73. The molecule has 0 atom stereocenters. The predicted molar refractivity (Wildman–Crippen MR) is 120 cm³/mol. The Kier molecular flexibility index (Phi) is 6.17. The van der Waals surface area contributed by atoms with Gasteiger partial charge in [-0.15, -0.1) is 0 Å². The van der Waals surface area contributed by atoms with Crippen LogP contribution in [0, 0.1) is 5.82 Å². The molecule has 1 aromatic heterocycles. The average Bonchev–Trinajstić information content (AvgIpc) is 3.28. The zero-order valence-electron chi connectivity index (χ0n) is 17.7. The first-order valence-electron chi connectivity index (χ1n) is 9.99. The van der Waals surface area contributed by atoms with Crippen LogP contribution in [0.5, 0.6) is 11.5 Å². The Bertz CT molecular complexity index is 1240. The minimum Gasteiger partial charge on any atom is -0.497 e. The van der Waals surface area contributed by atoms with E-state index in [1.54, 1.807) is 55.4 Å². The van der Waals surface area contributed by atoms with E-state index >= 15 is 0 Å². The second-order valence-electron chi connectivity index (χ2n) is 7.05. The number of nitrogens with zero attached hydrogens (tertiary/aromatic N) is 2. The molecule has 0 spiro atoms. The molecule has 3 aromatic carbocycles. The molecule has 0 aliphatic heterocycles. The summed E-state index contributed by atoms with van der Waals surface area (Å²) in [7, 11) is 3.13. The smallest absolute Gasteiger partial charge is 0.255 e. The third kappa shape index (κ3) is 4.46. The maximum atomic E-state index is 13.5. The summed E-state index contributed by atoms with van der Waals surface area (Å²) >= 11 is 0. The molecule has 0 fully saturated rings. The molecule has 6 nitrogen and oxygen atoms in total. The first kappa shape index (κ1) is 21.1. The number of hydrogen-bond donors (Lipinski definition) is 1. The van der Waals surface area contributed by atoms with Crippen molar-refractivity contribution in [3.8, 4) is 28.4 Å². The van der Waals surface area contributed by atoms with Gasteiger partial charge in [0.05, 0.1) is 25.5 Å². The Morgan fingerprint density at radius 2 is 1.81 bits per heavy atom. The number of carbonyl (C=O) groups excluding carboxylic acids is 1. The molecule has 4 rings (SSSR count). The van der Waals surface area contributed by atoms with Gasteiger partial charge in [-0.2, -0.15) is 5.10 Å². The molecule has 0 bridgehead atoms. The van der Waals surface area contributed by atoms with Gasteiger partial charge in [-0.1, -0.05) is 30.3 Å². The predicted octanol–water partition coefficient (Wildman–Crippen LogP) is 4.63. The summed E-state index contributed by atoms with van der Waals surface area (Å²) in [5, 5.41) is 7.53. The number of benzene rings is 3. The van der Waals surface area contributed by atoms with Gasteiger partial charge < -0.3 is 14.8 Å². The van der Waals surface area contributed by atoms with Crippen LogP contribution < -0.4 is 14.8 Å². The zero-order chi connectivity index (χ0) is 22.5. The maximum Gasteiger partial charge on any atom is 0.255 e. The lowest BCUT2D eigenvalue weighted by Crippen LogP contribution is -2.23. The Morgan fingerprint density at radius 3 is 2.53 bits per heavy atom. The summed E-state index contributed by atoms with van der Waals surface area (Å²) < 4.78 is 25.9. The number of rotatable bonds is 7. The Hall–Kier alpha value is -4.13. The standard InChI is InChI=1S/C25H22FN3O3/c1-31-20-11-12-21(23(14-20)32-2)24-22(16-29(28-24)19-9-4-3-5-10-19)25(30)27-15-17-7-6-8-18(26)13-17/h3-14,16H,15H2,1-2H3,(H,27,30). The van der Waals surface area contributed by atoms with Crippen LogP contribution in [0.2, 0.25) is 0 Å². The molecular formula is C25H22FN3O3. The highest BCUT2D eigenvalue weighted by Crippen LogP contribution is 2.34.